The summed E-state index contributed by atoms with van der Waals surface area (Å²) in [5.41, 5.74) is 5.23. The van der Waals surface area contributed by atoms with E-state index in [1.807, 2.05) is 0 Å². The molecule has 11 heavy (non-hydrogen) atoms. The first kappa shape index (κ1) is 11.2. The Balaban J connectivity index is 2.80. The molecular formula is C7H18N2OS. The lowest BCUT2D eigenvalue weighted by molar-refractivity contribution is 0.143. The average Bonchev–Trinajstić information content (AvgIpc) is 1.96. The predicted molar refractivity (Wildman–Crippen MR) is 51.2 cm³/mol. The molecule has 1 atom stereocenters. The van der Waals surface area contributed by atoms with Gasteiger partial charge in [0.15, 0.2) is 0 Å². The van der Waals surface area contributed by atoms with Crippen molar-refractivity contribution in [3.05, 3.63) is 0 Å². The molecule has 0 aliphatic heterocycles. The Hall–Kier alpha value is 0.230. The van der Waals surface area contributed by atoms with Gasteiger partial charge in [0.2, 0.25) is 0 Å². The summed E-state index contributed by atoms with van der Waals surface area (Å²) >= 11 is 4.22. The van der Waals surface area contributed by atoms with Gasteiger partial charge in [-0.25, -0.2) is 0 Å². The summed E-state index contributed by atoms with van der Waals surface area (Å²) in [7, 11) is 0. The third-order valence-corrected chi connectivity index (χ3v) is 1.31. The highest BCUT2D eigenvalue weighted by atomic mass is 32.1. The van der Waals surface area contributed by atoms with Crippen LogP contribution in [0.2, 0.25) is 0 Å². The van der Waals surface area contributed by atoms with Crippen molar-refractivity contribution in [3.8, 4) is 0 Å². The second-order valence-electron chi connectivity index (χ2n) is 2.45. The van der Waals surface area contributed by atoms with Crippen LogP contribution in [0.1, 0.15) is 6.92 Å². The molecule has 0 aromatic rings. The molecule has 0 spiro atoms. The summed E-state index contributed by atoms with van der Waals surface area (Å²) in [4.78, 5) is 0. The van der Waals surface area contributed by atoms with Crippen LogP contribution in [-0.2, 0) is 4.74 Å². The van der Waals surface area contributed by atoms with E-state index in [1.54, 1.807) is 0 Å². The molecule has 3 N–H and O–H groups in total. The Labute approximate surface area is 74.1 Å². The van der Waals surface area contributed by atoms with Crippen molar-refractivity contribution < 1.29 is 4.74 Å². The summed E-state index contributed by atoms with van der Waals surface area (Å²) in [6.07, 6.45) is 0. The normalized spacial score (nSPS) is 13.4. The predicted octanol–water partition coefficient (Wildman–Crippen LogP) is -0.130. The molecule has 68 valence electrons. The molecule has 0 amide bonds. The van der Waals surface area contributed by atoms with Gasteiger partial charge in [-0.05, 0) is 0 Å². The van der Waals surface area contributed by atoms with Crippen molar-refractivity contribution >= 4 is 12.6 Å². The smallest absolute Gasteiger partial charge is 0.0591 e. The van der Waals surface area contributed by atoms with Gasteiger partial charge in [-0.15, -0.1) is 0 Å². The fraction of sp³-hybridized carbons (Fsp3) is 1.00. The highest BCUT2D eigenvalue weighted by Crippen LogP contribution is 1.87. The number of rotatable bonds is 7. The molecule has 0 bridgehead atoms. The highest BCUT2D eigenvalue weighted by Gasteiger charge is 1.92. The van der Waals surface area contributed by atoms with Crippen LogP contribution in [0.25, 0.3) is 0 Å². The lowest BCUT2D eigenvalue weighted by Gasteiger charge is -2.06. The van der Waals surface area contributed by atoms with Crippen LogP contribution in [0.3, 0.4) is 0 Å². The molecule has 0 aromatic carbocycles. The minimum Gasteiger partial charge on any atom is -0.379 e. The molecule has 0 saturated heterocycles. The van der Waals surface area contributed by atoms with Crippen molar-refractivity contribution in [2.24, 2.45) is 5.73 Å². The molecule has 0 heterocycles. The first-order valence-corrected chi connectivity index (χ1v) is 4.45. The lowest BCUT2D eigenvalue weighted by Crippen LogP contribution is -2.26. The Morgan fingerprint density at radius 2 is 2.27 bits per heavy atom. The maximum absolute atomic E-state index is 5.23. The first-order chi connectivity index (χ1) is 5.27. The SMILES string of the molecule is CC(S)CNCCOCCN. The van der Waals surface area contributed by atoms with E-state index in [0.717, 1.165) is 19.7 Å². The van der Waals surface area contributed by atoms with Gasteiger partial charge in [0, 0.05) is 24.9 Å². The Morgan fingerprint density at radius 3 is 2.82 bits per heavy atom. The quantitative estimate of drug-likeness (QED) is 0.376. The van der Waals surface area contributed by atoms with E-state index < -0.39 is 0 Å². The maximum Gasteiger partial charge on any atom is 0.0591 e. The fourth-order valence-corrected chi connectivity index (χ4v) is 0.770. The molecule has 0 rings (SSSR count). The van der Waals surface area contributed by atoms with Crippen LogP contribution in [0.5, 0.6) is 0 Å². The third kappa shape index (κ3) is 10.2. The summed E-state index contributed by atoms with van der Waals surface area (Å²) in [6, 6.07) is 0. The lowest BCUT2D eigenvalue weighted by atomic mass is 10.4. The van der Waals surface area contributed by atoms with Gasteiger partial charge >= 0.3 is 0 Å². The number of hydrogen-bond acceptors (Lipinski definition) is 4. The van der Waals surface area contributed by atoms with Crippen molar-refractivity contribution in [3.63, 3.8) is 0 Å². The van der Waals surface area contributed by atoms with Crippen LogP contribution >= 0.6 is 12.6 Å². The Kier molecular flexibility index (Phi) is 8.50. The van der Waals surface area contributed by atoms with Gasteiger partial charge in [0.25, 0.3) is 0 Å². The van der Waals surface area contributed by atoms with Crippen LogP contribution in [0.15, 0.2) is 0 Å². The summed E-state index contributed by atoms with van der Waals surface area (Å²) in [5, 5.41) is 3.61. The van der Waals surface area contributed by atoms with Gasteiger partial charge in [-0.2, -0.15) is 12.6 Å². The second kappa shape index (κ2) is 8.33. The fourth-order valence-electron chi connectivity index (χ4n) is 0.641. The minimum atomic E-state index is 0.407. The molecule has 3 nitrogen and oxygen atoms in total. The van der Waals surface area contributed by atoms with Crippen LogP contribution < -0.4 is 11.1 Å². The highest BCUT2D eigenvalue weighted by molar-refractivity contribution is 7.80. The largest absolute Gasteiger partial charge is 0.379 e. The molecule has 0 aromatic heterocycles. The van der Waals surface area contributed by atoms with Crippen LogP contribution in [0, 0.1) is 0 Å². The molecule has 0 fully saturated rings. The molecule has 4 heteroatoms. The van der Waals surface area contributed by atoms with E-state index in [4.69, 9.17) is 10.5 Å². The third-order valence-electron chi connectivity index (χ3n) is 1.13. The Bertz CT molecular complexity index is 80.8. The molecule has 0 aliphatic carbocycles. The monoisotopic (exact) mass is 178 g/mol. The van der Waals surface area contributed by atoms with E-state index in [2.05, 4.69) is 24.9 Å². The summed E-state index contributed by atoms with van der Waals surface area (Å²) in [6.45, 7) is 5.84. The molecule has 0 saturated carbocycles. The van der Waals surface area contributed by atoms with Crippen molar-refractivity contribution in [2.75, 3.05) is 32.8 Å². The second-order valence-corrected chi connectivity index (χ2v) is 3.34. The van der Waals surface area contributed by atoms with Gasteiger partial charge in [-0.1, -0.05) is 6.92 Å². The van der Waals surface area contributed by atoms with Crippen LogP contribution in [-0.4, -0.2) is 38.1 Å². The maximum atomic E-state index is 5.23. The van der Waals surface area contributed by atoms with Crippen molar-refractivity contribution in [2.45, 2.75) is 12.2 Å². The molecule has 0 radical (unpaired) electrons. The first-order valence-electron chi connectivity index (χ1n) is 3.94. The zero-order chi connectivity index (χ0) is 8.53. The van der Waals surface area contributed by atoms with Crippen molar-refractivity contribution in [1.29, 1.82) is 0 Å². The van der Waals surface area contributed by atoms with E-state index in [0.29, 0.717) is 18.4 Å². The van der Waals surface area contributed by atoms with Gasteiger partial charge in [-0.3, -0.25) is 0 Å². The topological polar surface area (TPSA) is 47.3 Å². The number of hydrogen-bond donors (Lipinski definition) is 3. The number of nitrogens with two attached hydrogens (primary N) is 1. The molecule has 0 aliphatic rings. The zero-order valence-corrected chi connectivity index (χ0v) is 7.94. The van der Waals surface area contributed by atoms with E-state index in [-0.39, 0.29) is 0 Å². The molecular weight excluding hydrogens is 160 g/mol. The minimum absolute atomic E-state index is 0.407. The number of nitrogens with one attached hydrogen (secondary N) is 1. The zero-order valence-electron chi connectivity index (χ0n) is 7.05. The number of ether oxygens (including phenoxy) is 1. The van der Waals surface area contributed by atoms with Crippen molar-refractivity contribution in [1.82, 2.24) is 5.32 Å². The average molecular weight is 178 g/mol. The molecule has 1 unspecified atom stereocenters. The summed E-state index contributed by atoms with van der Waals surface area (Å²) in [5.74, 6) is 0. The summed E-state index contributed by atoms with van der Waals surface area (Å²) < 4.78 is 5.15. The van der Waals surface area contributed by atoms with E-state index >= 15 is 0 Å². The Morgan fingerprint density at radius 1 is 1.55 bits per heavy atom. The van der Waals surface area contributed by atoms with Crippen LogP contribution in [0.4, 0.5) is 0 Å². The van der Waals surface area contributed by atoms with Gasteiger partial charge in [0.1, 0.15) is 0 Å². The standard InChI is InChI=1S/C7H18N2OS/c1-7(11)6-9-3-5-10-4-2-8/h7,9,11H,2-6,8H2,1H3. The number of thiol groups is 1. The van der Waals surface area contributed by atoms with Gasteiger partial charge in [0.05, 0.1) is 13.2 Å². The van der Waals surface area contributed by atoms with E-state index in [9.17, 15) is 0 Å². The van der Waals surface area contributed by atoms with E-state index in [1.165, 1.54) is 0 Å². The van der Waals surface area contributed by atoms with Gasteiger partial charge < -0.3 is 15.8 Å².